The van der Waals surface area contributed by atoms with Crippen LogP contribution in [0.4, 0.5) is 5.82 Å². The number of anilines is 1. The maximum absolute atomic E-state index is 11.9. The highest BCUT2D eigenvalue weighted by Gasteiger charge is 2.31. The first-order chi connectivity index (χ1) is 10.2. The fourth-order valence-electron chi connectivity index (χ4n) is 2.88. The number of carbonyl (C=O) groups is 1. The molecule has 1 aliphatic carbocycles. The van der Waals surface area contributed by atoms with Gasteiger partial charge in [0.05, 0.1) is 13.2 Å². The van der Waals surface area contributed by atoms with Crippen molar-refractivity contribution < 1.29 is 14.6 Å². The summed E-state index contributed by atoms with van der Waals surface area (Å²) in [5.74, 6) is 0.171. The molecule has 0 bridgehead atoms. The third-order valence-corrected chi connectivity index (χ3v) is 4.18. The van der Waals surface area contributed by atoms with Crippen molar-refractivity contribution in [3.8, 4) is 0 Å². The molecule has 1 heterocycles. The van der Waals surface area contributed by atoms with E-state index in [9.17, 15) is 9.90 Å². The monoisotopic (exact) mass is 292 g/mol. The molecule has 1 aromatic heterocycles. The standard InChI is InChI=1S/C16H24N2O3/c1-2-21-15(20)13-7-6-10-17-14(13)18-11-16(12-19)8-4-3-5-9-16/h6-7,10,19H,2-5,8-9,11-12H2,1H3,(H,17,18). The highest BCUT2D eigenvalue weighted by atomic mass is 16.5. The molecule has 5 nitrogen and oxygen atoms in total. The van der Waals surface area contributed by atoms with Gasteiger partial charge in [0.25, 0.3) is 0 Å². The largest absolute Gasteiger partial charge is 0.462 e. The second kappa shape index (κ2) is 7.41. The van der Waals surface area contributed by atoms with E-state index in [1.165, 1.54) is 6.42 Å². The summed E-state index contributed by atoms with van der Waals surface area (Å²) in [4.78, 5) is 16.2. The van der Waals surface area contributed by atoms with Crippen molar-refractivity contribution in [1.29, 1.82) is 0 Å². The smallest absolute Gasteiger partial charge is 0.341 e. The molecule has 0 unspecified atom stereocenters. The van der Waals surface area contributed by atoms with E-state index >= 15 is 0 Å². The molecule has 1 fully saturated rings. The molecular formula is C16H24N2O3. The zero-order valence-corrected chi connectivity index (χ0v) is 12.6. The van der Waals surface area contributed by atoms with E-state index in [1.807, 2.05) is 0 Å². The molecule has 21 heavy (non-hydrogen) atoms. The van der Waals surface area contributed by atoms with Crippen molar-refractivity contribution in [2.24, 2.45) is 5.41 Å². The van der Waals surface area contributed by atoms with Crippen LogP contribution in [0.15, 0.2) is 18.3 Å². The van der Waals surface area contributed by atoms with E-state index < -0.39 is 0 Å². The van der Waals surface area contributed by atoms with Gasteiger partial charge in [0.2, 0.25) is 0 Å². The van der Waals surface area contributed by atoms with E-state index in [2.05, 4.69) is 10.3 Å². The van der Waals surface area contributed by atoms with Crippen LogP contribution in [0, 0.1) is 5.41 Å². The Kier molecular flexibility index (Phi) is 5.56. The third-order valence-electron chi connectivity index (χ3n) is 4.18. The normalized spacial score (nSPS) is 17.2. The lowest BCUT2D eigenvalue weighted by atomic mass is 9.74. The maximum atomic E-state index is 11.9. The molecule has 0 aliphatic heterocycles. The molecule has 1 aromatic rings. The molecule has 1 aliphatic rings. The molecule has 2 rings (SSSR count). The Morgan fingerprint density at radius 2 is 2.19 bits per heavy atom. The average molecular weight is 292 g/mol. The minimum atomic E-state index is -0.366. The Balaban J connectivity index is 2.07. The number of hydrogen-bond donors (Lipinski definition) is 2. The number of rotatable bonds is 6. The molecule has 0 spiro atoms. The fourth-order valence-corrected chi connectivity index (χ4v) is 2.88. The van der Waals surface area contributed by atoms with Crippen molar-refractivity contribution in [1.82, 2.24) is 4.98 Å². The number of aliphatic hydroxyl groups is 1. The van der Waals surface area contributed by atoms with E-state index in [0.29, 0.717) is 24.5 Å². The van der Waals surface area contributed by atoms with Crippen LogP contribution in [0.25, 0.3) is 0 Å². The van der Waals surface area contributed by atoms with Crippen molar-refractivity contribution in [3.05, 3.63) is 23.9 Å². The molecule has 0 radical (unpaired) electrons. The highest BCUT2D eigenvalue weighted by molar-refractivity contribution is 5.94. The SMILES string of the molecule is CCOC(=O)c1cccnc1NCC1(CO)CCCCC1. The average Bonchev–Trinajstić information content (AvgIpc) is 2.54. The van der Waals surface area contributed by atoms with Crippen LogP contribution >= 0.6 is 0 Å². The van der Waals surface area contributed by atoms with Gasteiger partial charge in [0.1, 0.15) is 11.4 Å². The molecule has 1 saturated carbocycles. The van der Waals surface area contributed by atoms with Gasteiger partial charge in [-0.25, -0.2) is 9.78 Å². The summed E-state index contributed by atoms with van der Waals surface area (Å²) in [6.07, 6.45) is 7.21. The van der Waals surface area contributed by atoms with E-state index in [1.54, 1.807) is 25.3 Å². The summed E-state index contributed by atoms with van der Waals surface area (Å²) in [6, 6.07) is 3.43. The molecule has 0 saturated heterocycles. The van der Waals surface area contributed by atoms with Gasteiger partial charge < -0.3 is 15.2 Å². The van der Waals surface area contributed by atoms with Crippen molar-refractivity contribution in [2.45, 2.75) is 39.0 Å². The summed E-state index contributed by atoms with van der Waals surface area (Å²) in [5, 5.41) is 13.0. The van der Waals surface area contributed by atoms with Crippen LogP contribution < -0.4 is 5.32 Å². The maximum Gasteiger partial charge on any atom is 0.341 e. The molecule has 5 heteroatoms. The zero-order chi connectivity index (χ0) is 15.1. The molecule has 0 amide bonds. The summed E-state index contributed by atoms with van der Waals surface area (Å²) in [6.45, 7) is 2.92. The Morgan fingerprint density at radius 1 is 1.43 bits per heavy atom. The lowest BCUT2D eigenvalue weighted by molar-refractivity contribution is 0.0527. The topological polar surface area (TPSA) is 71.5 Å². The van der Waals surface area contributed by atoms with Gasteiger partial charge in [-0.2, -0.15) is 0 Å². The van der Waals surface area contributed by atoms with Crippen LogP contribution in [0.1, 0.15) is 49.4 Å². The molecule has 0 aromatic carbocycles. The Labute approximate surface area is 125 Å². The predicted octanol–water partition coefficient (Wildman–Crippen LogP) is 2.61. The summed E-state index contributed by atoms with van der Waals surface area (Å²) in [5.41, 5.74) is 0.352. The number of aromatic nitrogens is 1. The first-order valence-corrected chi connectivity index (χ1v) is 7.68. The number of nitrogens with one attached hydrogen (secondary N) is 1. The van der Waals surface area contributed by atoms with Gasteiger partial charge in [0, 0.05) is 18.2 Å². The molecular weight excluding hydrogens is 268 g/mol. The number of esters is 1. The second-order valence-electron chi connectivity index (χ2n) is 5.69. The highest BCUT2D eigenvalue weighted by Crippen LogP contribution is 2.36. The Hall–Kier alpha value is -1.62. The van der Waals surface area contributed by atoms with Crippen LogP contribution in [0.3, 0.4) is 0 Å². The van der Waals surface area contributed by atoms with E-state index in [-0.39, 0.29) is 18.0 Å². The molecule has 116 valence electrons. The summed E-state index contributed by atoms with van der Waals surface area (Å²) >= 11 is 0. The van der Waals surface area contributed by atoms with E-state index in [0.717, 1.165) is 25.7 Å². The first-order valence-electron chi connectivity index (χ1n) is 7.68. The number of carbonyl (C=O) groups excluding carboxylic acids is 1. The summed E-state index contributed by atoms with van der Waals surface area (Å²) < 4.78 is 5.04. The fraction of sp³-hybridized carbons (Fsp3) is 0.625. The quantitative estimate of drug-likeness (QED) is 0.789. The van der Waals surface area contributed by atoms with Gasteiger partial charge in [-0.05, 0) is 31.9 Å². The summed E-state index contributed by atoms with van der Waals surface area (Å²) in [7, 11) is 0. The molecule has 0 atom stereocenters. The van der Waals surface area contributed by atoms with Crippen LogP contribution in [0.5, 0.6) is 0 Å². The molecule has 2 N–H and O–H groups in total. The number of nitrogens with zero attached hydrogens (tertiary/aromatic N) is 1. The van der Waals surface area contributed by atoms with Crippen LogP contribution in [0.2, 0.25) is 0 Å². The third kappa shape index (κ3) is 3.94. The number of ether oxygens (including phenoxy) is 1. The van der Waals surface area contributed by atoms with Crippen molar-refractivity contribution in [2.75, 3.05) is 25.1 Å². The minimum absolute atomic E-state index is 0.0955. The Bertz CT molecular complexity index is 470. The number of aliphatic hydroxyl groups excluding tert-OH is 1. The zero-order valence-electron chi connectivity index (χ0n) is 12.6. The van der Waals surface area contributed by atoms with Crippen molar-refractivity contribution >= 4 is 11.8 Å². The first kappa shape index (κ1) is 15.8. The van der Waals surface area contributed by atoms with Crippen LogP contribution in [-0.2, 0) is 4.74 Å². The number of pyridine rings is 1. The van der Waals surface area contributed by atoms with Crippen molar-refractivity contribution in [3.63, 3.8) is 0 Å². The van der Waals surface area contributed by atoms with Gasteiger partial charge in [-0.1, -0.05) is 19.3 Å². The van der Waals surface area contributed by atoms with Crippen LogP contribution in [-0.4, -0.2) is 35.8 Å². The van der Waals surface area contributed by atoms with Gasteiger partial charge in [-0.3, -0.25) is 0 Å². The van der Waals surface area contributed by atoms with E-state index in [4.69, 9.17) is 4.74 Å². The lowest BCUT2D eigenvalue weighted by Crippen LogP contribution is -2.36. The minimum Gasteiger partial charge on any atom is -0.462 e. The van der Waals surface area contributed by atoms with Gasteiger partial charge in [0.15, 0.2) is 0 Å². The predicted molar refractivity (Wildman–Crippen MR) is 81.3 cm³/mol. The second-order valence-corrected chi connectivity index (χ2v) is 5.69. The van der Waals surface area contributed by atoms with Gasteiger partial charge in [-0.15, -0.1) is 0 Å². The van der Waals surface area contributed by atoms with Gasteiger partial charge >= 0.3 is 5.97 Å². The number of hydrogen-bond acceptors (Lipinski definition) is 5. The Morgan fingerprint density at radius 3 is 2.86 bits per heavy atom. The lowest BCUT2D eigenvalue weighted by Gasteiger charge is -2.35.